The summed E-state index contributed by atoms with van der Waals surface area (Å²) in [6.07, 6.45) is 7.14. The topological polar surface area (TPSA) is 20.2 Å². The lowest BCUT2D eigenvalue weighted by Crippen LogP contribution is -2.14. The van der Waals surface area contributed by atoms with Gasteiger partial charge in [0.15, 0.2) is 0 Å². The molecule has 0 saturated carbocycles. The van der Waals surface area contributed by atoms with Gasteiger partial charge < -0.3 is 5.11 Å². The predicted octanol–water partition coefficient (Wildman–Crippen LogP) is 4.09. The summed E-state index contributed by atoms with van der Waals surface area (Å²) in [5, 5.41) is 9.80. The zero-order valence-corrected chi connectivity index (χ0v) is 10.9. The fourth-order valence-corrected chi connectivity index (χ4v) is 1.37. The lowest BCUT2D eigenvalue weighted by Gasteiger charge is -2.14. The van der Waals surface area contributed by atoms with Crippen molar-refractivity contribution in [1.29, 1.82) is 0 Å². The van der Waals surface area contributed by atoms with Crippen LogP contribution in [-0.4, -0.2) is 11.2 Å². The number of aliphatic hydroxyl groups is 1. The van der Waals surface area contributed by atoms with Gasteiger partial charge in [-0.1, -0.05) is 43.6 Å². The Labute approximate surface area is 94.9 Å². The molecule has 0 rings (SSSR count). The standard InChI is InChI=1S/C14H26O/c1-6-13(5)14(15)10-12(4)9-7-8-11(2)3/h8,10,13-15H,6-7,9H2,1-5H3/b12-10-. The third-order valence-electron chi connectivity index (χ3n) is 2.77. The van der Waals surface area contributed by atoms with E-state index in [1.165, 1.54) is 11.1 Å². The molecule has 0 aliphatic carbocycles. The van der Waals surface area contributed by atoms with Crippen molar-refractivity contribution < 1.29 is 5.11 Å². The van der Waals surface area contributed by atoms with E-state index in [-0.39, 0.29) is 6.10 Å². The molecule has 0 radical (unpaired) electrons. The molecule has 88 valence electrons. The lowest BCUT2D eigenvalue weighted by atomic mass is 9.98. The molecule has 0 bridgehead atoms. The summed E-state index contributed by atoms with van der Waals surface area (Å²) < 4.78 is 0. The Morgan fingerprint density at radius 3 is 2.33 bits per heavy atom. The molecule has 2 unspecified atom stereocenters. The molecule has 0 aromatic carbocycles. The van der Waals surface area contributed by atoms with Crippen molar-refractivity contribution in [2.75, 3.05) is 0 Å². The van der Waals surface area contributed by atoms with Gasteiger partial charge in [0.1, 0.15) is 0 Å². The van der Waals surface area contributed by atoms with Crippen LogP contribution in [0.4, 0.5) is 0 Å². The van der Waals surface area contributed by atoms with Crippen LogP contribution in [0.1, 0.15) is 53.9 Å². The highest BCUT2D eigenvalue weighted by molar-refractivity contribution is 5.05. The Bertz CT molecular complexity index is 221. The normalized spacial score (nSPS) is 16.0. The van der Waals surface area contributed by atoms with E-state index in [0.717, 1.165) is 19.3 Å². The van der Waals surface area contributed by atoms with E-state index >= 15 is 0 Å². The van der Waals surface area contributed by atoms with Crippen molar-refractivity contribution in [3.05, 3.63) is 23.3 Å². The van der Waals surface area contributed by atoms with Crippen LogP contribution in [0.25, 0.3) is 0 Å². The van der Waals surface area contributed by atoms with Crippen molar-refractivity contribution >= 4 is 0 Å². The third kappa shape index (κ3) is 7.38. The van der Waals surface area contributed by atoms with Crippen LogP contribution in [-0.2, 0) is 0 Å². The van der Waals surface area contributed by atoms with Crippen molar-refractivity contribution in [1.82, 2.24) is 0 Å². The Balaban J connectivity index is 4.02. The average molecular weight is 210 g/mol. The van der Waals surface area contributed by atoms with Crippen molar-refractivity contribution in [2.45, 2.75) is 60.0 Å². The molecule has 0 aliphatic heterocycles. The summed E-state index contributed by atoms with van der Waals surface area (Å²) in [5.41, 5.74) is 2.66. The van der Waals surface area contributed by atoms with Gasteiger partial charge >= 0.3 is 0 Å². The first-order chi connectivity index (χ1) is 6.97. The molecule has 0 aromatic rings. The van der Waals surface area contributed by atoms with Gasteiger partial charge in [0.05, 0.1) is 6.10 Å². The van der Waals surface area contributed by atoms with Gasteiger partial charge in [0.2, 0.25) is 0 Å². The molecule has 1 nitrogen and oxygen atoms in total. The molecule has 0 amide bonds. The second-order valence-electron chi connectivity index (χ2n) is 4.71. The smallest absolute Gasteiger partial charge is 0.0748 e. The summed E-state index contributed by atoms with van der Waals surface area (Å²) in [5.74, 6) is 0.364. The minimum absolute atomic E-state index is 0.276. The van der Waals surface area contributed by atoms with Crippen molar-refractivity contribution in [3.8, 4) is 0 Å². The van der Waals surface area contributed by atoms with Gasteiger partial charge in [-0.25, -0.2) is 0 Å². The maximum absolute atomic E-state index is 9.80. The highest BCUT2D eigenvalue weighted by Crippen LogP contribution is 2.13. The Morgan fingerprint density at radius 1 is 1.27 bits per heavy atom. The molecular weight excluding hydrogens is 184 g/mol. The molecule has 0 aliphatic rings. The number of hydrogen-bond acceptors (Lipinski definition) is 1. The number of rotatable bonds is 6. The molecule has 2 atom stereocenters. The molecule has 1 N–H and O–H groups in total. The second-order valence-corrected chi connectivity index (χ2v) is 4.71. The van der Waals surface area contributed by atoms with Gasteiger partial charge in [0.25, 0.3) is 0 Å². The first-order valence-electron chi connectivity index (χ1n) is 5.96. The van der Waals surface area contributed by atoms with Crippen LogP contribution < -0.4 is 0 Å². The van der Waals surface area contributed by atoms with E-state index in [2.05, 4.69) is 40.7 Å². The monoisotopic (exact) mass is 210 g/mol. The predicted molar refractivity (Wildman–Crippen MR) is 67.9 cm³/mol. The van der Waals surface area contributed by atoms with Crippen LogP contribution >= 0.6 is 0 Å². The first-order valence-corrected chi connectivity index (χ1v) is 5.96. The van der Waals surface area contributed by atoms with Crippen LogP contribution in [0.3, 0.4) is 0 Å². The molecule has 0 spiro atoms. The summed E-state index contributed by atoms with van der Waals surface area (Å²) in [4.78, 5) is 0. The zero-order valence-electron chi connectivity index (χ0n) is 10.9. The molecule has 0 heterocycles. The van der Waals surface area contributed by atoms with E-state index in [1.54, 1.807) is 0 Å². The summed E-state index contributed by atoms with van der Waals surface area (Å²) in [6.45, 7) is 10.5. The number of hydrogen-bond donors (Lipinski definition) is 1. The Morgan fingerprint density at radius 2 is 1.87 bits per heavy atom. The SMILES string of the molecule is CCC(C)C(O)/C=C(/C)CCC=C(C)C. The van der Waals surface area contributed by atoms with Crippen LogP contribution in [0, 0.1) is 5.92 Å². The fraction of sp³-hybridized carbons (Fsp3) is 0.714. The van der Waals surface area contributed by atoms with Gasteiger partial charge in [-0.2, -0.15) is 0 Å². The highest BCUT2D eigenvalue weighted by atomic mass is 16.3. The van der Waals surface area contributed by atoms with Gasteiger partial charge in [-0.05, 0) is 39.5 Å². The Hall–Kier alpha value is -0.560. The number of allylic oxidation sites excluding steroid dienone is 3. The van der Waals surface area contributed by atoms with E-state index in [4.69, 9.17) is 0 Å². The lowest BCUT2D eigenvalue weighted by molar-refractivity contribution is 0.159. The highest BCUT2D eigenvalue weighted by Gasteiger charge is 2.08. The van der Waals surface area contributed by atoms with Gasteiger partial charge in [-0.3, -0.25) is 0 Å². The minimum Gasteiger partial charge on any atom is -0.389 e. The van der Waals surface area contributed by atoms with Gasteiger partial charge in [0, 0.05) is 0 Å². The third-order valence-corrected chi connectivity index (χ3v) is 2.77. The average Bonchev–Trinajstić information content (AvgIpc) is 2.15. The van der Waals surface area contributed by atoms with Crippen LogP contribution in [0.15, 0.2) is 23.3 Å². The maximum Gasteiger partial charge on any atom is 0.0748 e. The van der Waals surface area contributed by atoms with Crippen molar-refractivity contribution in [2.24, 2.45) is 5.92 Å². The largest absolute Gasteiger partial charge is 0.389 e. The zero-order chi connectivity index (χ0) is 11.8. The van der Waals surface area contributed by atoms with Crippen LogP contribution in [0.2, 0.25) is 0 Å². The maximum atomic E-state index is 9.80. The summed E-state index contributed by atoms with van der Waals surface area (Å²) >= 11 is 0. The van der Waals surface area contributed by atoms with Gasteiger partial charge in [-0.15, -0.1) is 0 Å². The molecule has 0 aromatic heterocycles. The number of aliphatic hydroxyl groups excluding tert-OH is 1. The summed E-state index contributed by atoms with van der Waals surface area (Å²) in [7, 11) is 0. The van der Waals surface area contributed by atoms with Crippen LogP contribution in [0.5, 0.6) is 0 Å². The second kappa shape index (κ2) is 7.70. The van der Waals surface area contributed by atoms with E-state index in [9.17, 15) is 5.11 Å². The van der Waals surface area contributed by atoms with E-state index in [1.807, 2.05) is 6.08 Å². The molecule has 15 heavy (non-hydrogen) atoms. The first kappa shape index (κ1) is 14.4. The minimum atomic E-state index is -0.276. The fourth-order valence-electron chi connectivity index (χ4n) is 1.37. The Kier molecular flexibility index (Phi) is 7.41. The molecule has 0 saturated heterocycles. The van der Waals surface area contributed by atoms with Crippen molar-refractivity contribution in [3.63, 3.8) is 0 Å². The summed E-state index contributed by atoms with van der Waals surface area (Å²) in [6, 6.07) is 0. The molecule has 0 fully saturated rings. The molecular formula is C14H26O. The molecule has 1 heteroatoms. The quantitative estimate of drug-likeness (QED) is 0.655. The van der Waals surface area contributed by atoms with E-state index in [0.29, 0.717) is 5.92 Å². The van der Waals surface area contributed by atoms with E-state index < -0.39 is 0 Å².